The van der Waals surface area contributed by atoms with Crippen molar-refractivity contribution in [1.29, 1.82) is 0 Å². The number of aromatic amines is 1. The number of piperidine rings is 1. The van der Waals surface area contributed by atoms with Crippen LogP contribution in [0.1, 0.15) is 30.7 Å². The van der Waals surface area contributed by atoms with Crippen LogP contribution >= 0.6 is 0 Å². The summed E-state index contributed by atoms with van der Waals surface area (Å²) in [5, 5.41) is 9.77. The first-order valence-electron chi connectivity index (χ1n) is 10.9. The van der Waals surface area contributed by atoms with Gasteiger partial charge in [0.15, 0.2) is 0 Å². The molecule has 3 heterocycles. The Bertz CT molecular complexity index is 1330. The van der Waals surface area contributed by atoms with Gasteiger partial charge in [0.25, 0.3) is 5.56 Å². The summed E-state index contributed by atoms with van der Waals surface area (Å²) in [5.41, 5.74) is 2.74. The fourth-order valence-corrected chi connectivity index (χ4v) is 4.56. The Kier molecular flexibility index (Phi) is 5.34. The van der Waals surface area contributed by atoms with Crippen LogP contribution in [0, 0.1) is 0 Å². The molecule has 1 N–H and O–H groups in total. The molecule has 8 heteroatoms. The van der Waals surface area contributed by atoms with E-state index in [1.54, 1.807) is 25.3 Å². The third kappa shape index (κ3) is 3.72. The molecule has 2 aromatic heterocycles. The highest BCUT2D eigenvalue weighted by molar-refractivity contribution is 5.85. The highest BCUT2D eigenvalue weighted by Gasteiger charge is 2.25. The summed E-state index contributed by atoms with van der Waals surface area (Å²) in [6.07, 6.45) is 4.14. The maximum absolute atomic E-state index is 12.8. The maximum Gasteiger partial charge on any atom is 0.277 e. The molecule has 0 unspecified atom stereocenters. The van der Waals surface area contributed by atoms with Crippen LogP contribution in [-0.2, 0) is 11.3 Å². The smallest absolute Gasteiger partial charge is 0.277 e. The van der Waals surface area contributed by atoms with Crippen molar-refractivity contribution in [3.63, 3.8) is 0 Å². The van der Waals surface area contributed by atoms with Gasteiger partial charge in [-0.1, -0.05) is 17.3 Å². The molecule has 1 aliphatic heterocycles. The number of amides is 1. The van der Waals surface area contributed by atoms with Crippen LogP contribution in [0.15, 0.2) is 53.5 Å². The topological polar surface area (TPSA) is 93.1 Å². The number of H-pyrrole nitrogens is 1. The number of nitrogens with one attached hydrogen (secondary N) is 1. The third-order valence-electron chi connectivity index (χ3n) is 6.38. The minimum atomic E-state index is -0.211. The molecule has 1 fully saturated rings. The Morgan fingerprint density at radius 2 is 1.97 bits per heavy atom. The highest BCUT2D eigenvalue weighted by atomic mass is 16.5. The summed E-state index contributed by atoms with van der Waals surface area (Å²) in [6.45, 7) is 1.65. The molecule has 0 atom stereocenters. The second kappa shape index (κ2) is 8.45. The summed E-state index contributed by atoms with van der Waals surface area (Å²) in [7, 11) is 1.68. The lowest BCUT2D eigenvalue weighted by atomic mass is 9.89. The Balaban J connectivity index is 1.22. The zero-order valence-electron chi connectivity index (χ0n) is 18.0. The van der Waals surface area contributed by atoms with E-state index in [1.165, 1.54) is 15.6 Å². The summed E-state index contributed by atoms with van der Waals surface area (Å²) in [4.78, 5) is 30.6. The van der Waals surface area contributed by atoms with Crippen molar-refractivity contribution in [1.82, 2.24) is 24.9 Å². The number of nitrogens with zero attached hydrogens (tertiary/aromatic N) is 4. The first-order valence-corrected chi connectivity index (χ1v) is 10.9. The molecule has 0 saturated carbocycles. The number of ether oxygens (including phenoxy) is 1. The van der Waals surface area contributed by atoms with Crippen molar-refractivity contribution >= 4 is 27.7 Å². The van der Waals surface area contributed by atoms with Gasteiger partial charge in [0, 0.05) is 36.6 Å². The summed E-state index contributed by atoms with van der Waals surface area (Å²) < 4.78 is 6.66. The molecule has 8 nitrogen and oxygen atoms in total. The number of hydrogen-bond donors (Lipinski definition) is 1. The second-order valence-corrected chi connectivity index (χ2v) is 8.20. The molecule has 5 rings (SSSR count). The van der Waals surface area contributed by atoms with E-state index in [0.29, 0.717) is 29.9 Å². The Hall–Kier alpha value is -3.68. The summed E-state index contributed by atoms with van der Waals surface area (Å²) >= 11 is 0. The number of rotatable bonds is 5. The first-order chi connectivity index (χ1) is 15.6. The van der Waals surface area contributed by atoms with Crippen molar-refractivity contribution in [3.8, 4) is 5.75 Å². The van der Waals surface area contributed by atoms with Gasteiger partial charge in [-0.25, -0.2) is 4.68 Å². The van der Waals surface area contributed by atoms with E-state index in [2.05, 4.69) is 27.6 Å². The quantitative estimate of drug-likeness (QED) is 0.524. The molecular formula is C24H25N5O3. The molecule has 1 saturated heterocycles. The number of fused-ring (bicyclic) bond motifs is 2. The summed E-state index contributed by atoms with van der Waals surface area (Å²) in [6, 6.07) is 13.2. The predicted octanol–water partition coefficient (Wildman–Crippen LogP) is 3.08. The Morgan fingerprint density at radius 1 is 1.16 bits per heavy atom. The molecular weight excluding hydrogens is 406 g/mol. The molecule has 0 bridgehead atoms. The monoisotopic (exact) mass is 431 g/mol. The number of benzene rings is 2. The average Bonchev–Trinajstić information content (AvgIpc) is 3.27. The van der Waals surface area contributed by atoms with E-state index in [9.17, 15) is 9.59 Å². The van der Waals surface area contributed by atoms with Crippen molar-refractivity contribution in [2.45, 2.75) is 31.7 Å². The zero-order chi connectivity index (χ0) is 22.1. The van der Waals surface area contributed by atoms with Gasteiger partial charge in [0.1, 0.15) is 11.3 Å². The molecule has 0 aliphatic carbocycles. The minimum Gasteiger partial charge on any atom is -0.497 e. The maximum atomic E-state index is 12.8. The van der Waals surface area contributed by atoms with Crippen molar-refractivity contribution in [3.05, 3.63) is 64.6 Å². The average molecular weight is 431 g/mol. The molecule has 2 aromatic carbocycles. The van der Waals surface area contributed by atoms with Crippen molar-refractivity contribution in [2.75, 3.05) is 20.2 Å². The molecule has 164 valence electrons. The van der Waals surface area contributed by atoms with E-state index in [0.717, 1.165) is 24.1 Å². The SMILES string of the molecule is COc1ccc2[nH]cc(C3CCN(C(=O)CCn4nnc5ccccc5c4=O)CC3)c2c1. The lowest BCUT2D eigenvalue weighted by Crippen LogP contribution is -2.38. The van der Waals surface area contributed by atoms with Crippen LogP contribution < -0.4 is 10.3 Å². The van der Waals surface area contributed by atoms with Crippen LogP contribution in [0.4, 0.5) is 0 Å². The van der Waals surface area contributed by atoms with Gasteiger partial charge >= 0.3 is 0 Å². The van der Waals surface area contributed by atoms with E-state index < -0.39 is 0 Å². The normalized spacial score (nSPS) is 14.8. The van der Waals surface area contributed by atoms with Gasteiger partial charge in [-0.3, -0.25) is 9.59 Å². The third-order valence-corrected chi connectivity index (χ3v) is 6.38. The van der Waals surface area contributed by atoms with E-state index in [4.69, 9.17) is 4.74 Å². The standard InChI is InChI=1S/C24H25N5O3/c1-32-17-6-7-21-19(14-17)20(15-25-21)16-8-11-28(12-9-16)23(30)10-13-29-24(31)18-4-2-3-5-22(18)26-27-29/h2-7,14-16,25H,8-13H2,1H3. The van der Waals surface area contributed by atoms with Crippen LogP contribution in [0.3, 0.4) is 0 Å². The highest BCUT2D eigenvalue weighted by Crippen LogP contribution is 2.34. The van der Waals surface area contributed by atoms with E-state index in [-0.39, 0.29) is 24.4 Å². The van der Waals surface area contributed by atoms with Gasteiger partial charge in [-0.2, -0.15) is 0 Å². The summed E-state index contributed by atoms with van der Waals surface area (Å²) in [5.74, 6) is 1.29. The van der Waals surface area contributed by atoms with Crippen molar-refractivity contribution < 1.29 is 9.53 Å². The minimum absolute atomic E-state index is 0.0471. The first kappa shape index (κ1) is 20.2. The molecule has 1 amide bonds. The predicted molar refractivity (Wildman–Crippen MR) is 122 cm³/mol. The number of methoxy groups -OCH3 is 1. The van der Waals surface area contributed by atoms with Gasteiger partial charge < -0.3 is 14.6 Å². The second-order valence-electron chi connectivity index (χ2n) is 8.20. The van der Waals surface area contributed by atoms with Crippen molar-refractivity contribution in [2.24, 2.45) is 0 Å². The number of carbonyl (C=O) groups excluding carboxylic acids is 1. The van der Waals surface area contributed by atoms with Gasteiger partial charge in [-0.05, 0) is 54.7 Å². The Labute approximate surface area is 184 Å². The molecule has 1 aliphatic rings. The largest absolute Gasteiger partial charge is 0.497 e. The zero-order valence-corrected chi connectivity index (χ0v) is 18.0. The fourth-order valence-electron chi connectivity index (χ4n) is 4.56. The van der Waals surface area contributed by atoms with E-state index >= 15 is 0 Å². The number of likely N-dealkylation sites (tertiary alicyclic amines) is 1. The fraction of sp³-hybridized carbons (Fsp3) is 0.333. The molecule has 4 aromatic rings. The molecule has 0 spiro atoms. The van der Waals surface area contributed by atoms with Gasteiger partial charge in [-0.15, -0.1) is 5.10 Å². The number of carbonyl (C=O) groups is 1. The molecule has 32 heavy (non-hydrogen) atoms. The lowest BCUT2D eigenvalue weighted by Gasteiger charge is -2.32. The van der Waals surface area contributed by atoms with Crippen LogP contribution in [0.2, 0.25) is 0 Å². The van der Waals surface area contributed by atoms with Crippen LogP contribution in [0.5, 0.6) is 5.75 Å². The van der Waals surface area contributed by atoms with Gasteiger partial charge in [0.05, 0.1) is 19.0 Å². The Morgan fingerprint density at radius 3 is 2.78 bits per heavy atom. The number of aromatic nitrogens is 4. The van der Waals surface area contributed by atoms with E-state index in [1.807, 2.05) is 23.1 Å². The molecule has 0 radical (unpaired) electrons. The van der Waals surface area contributed by atoms with Crippen LogP contribution in [-0.4, -0.2) is 51.0 Å². The number of hydrogen-bond acceptors (Lipinski definition) is 5. The van der Waals surface area contributed by atoms with Gasteiger partial charge in [0.2, 0.25) is 5.91 Å². The lowest BCUT2D eigenvalue weighted by molar-refractivity contribution is -0.132. The number of aryl methyl sites for hydroxylation is 1. The van der Waals surface area contributed by atoms with Crippen LogP contribution in [0.25, 0.3) is 21.8 Å².